The summed E-state index contributed by atoms with van der Waals surface area (Å²) in [5, 5.41) is 12.3. The van der Waals surface area contributed by atoms with Crippen molar-refractivity contribution in [1.82, 2.24) is 5.32 Å². The molecule has 0 aromatic carbocycles. The quantitative estimate of drug-likeness (QED) is 0.278. The van der Waals surface area contributed by atoms with Gasteiger partial charge in [0.05, 0.1) is 11.0 Å². The fourth-order valence-electron chi connectivity index (χ4n) is 3.55. The van der Waals surface area contributed by atoms with Crippen LogP contribution in [-0.4, -0.2) is 53.3 Å². The van der Waals surface area contributed by atoms with Gasteiger partial charge in [-0.05, 0) is 56.7 Å². The number of carbonyl (C=O) groups is 2. The van der Waals surface area contributed by atoms with Crippen LogP contribution in [0.5, 0.6) is 0 Å². The Hall–Kier alpha value is -0.790. The summed E-state index contributed by atoms with van der Waals surface area (Å²) >= 11 is 1.57. The van der Waals surface area contributed by atoms with E-state index >= 15 is 0 Å². The van der Waals surface area contributed by atoms with Crippen molar-refractivity contribution in [3.05, 3.63) is 0 Å². The lowest BCUT2D eigenvalue weighted by Gasteiger charge is -2.35. The minimum atomic E-state index is -0.981. The lowest BCUT2D eigenvalue weighted by molar-refractivity contribution is -0.144. The molecular formula is C24H50N2O4S. The van der Waals surface area contributed by atoms with Crippen molar-refractivity contribution < 1.29 is 19.4 Å². The van der Waals surface area contributed by atoms with Gasteiger partial charge in [0, 0.05) is 12.4 Å². The lowest BCUT2D eigenvalue weighted by Crippen LogP contribution is -2.50. The Morgan fingerprint density at radius 3 is 1.94 bits per heavy atom. The zero-order valence-electron chi connectivity index (χ0n) is 21.4. The van der Waals surface area contributed by atoms with Crippen molar-refractivity contribution in [2.24, 2.45) is 17.1 Å². The summed E-state index contributed by atoms with van der Waals surface area (Å²) < 4.78 is 6.24. The van der Waals surface area contributed by atoms with Gasteiger partial charge >= 0.3 is 5.97 Å². The first-order valence-electron chi connectivity index (χ1n) is 12.1. The van der Waals surface area contributed by atoms with Crippen LogP contribution >= 0.6 is 11.8 Å². The predicted molar refractivity (Wildman–Crippen MR) is 134 cm³/mol. The third kappa shape index (κ3) is 11.6. The largest absolute Gasteiger partial charge is 0.480 e. The highest BCUT2D eigenvalue weighted by molar-refractivity contribution is 7.99. The van der Waals surface area contributed by atoms with Crippen molar-refractivity contribution in [3.8, 4) is 0 Å². The maximum absolute atomic E-state index is 13.1. The molecule has 0 unspecified atom stereocenters. The van der Waals surface area contributed by atoms with Crippen LogP contribution < -0.4 is 11.1 Å². The summed E-state index contributed by atoms with van der Waals surface area (Å²) in [6, 6.07) is -0.868. The smallest absolute Gasteiger partial charge is 0.327 e. The number of aliphatic carboxylic acids is 1. The number of amides is 1. The Bertz CT molecular complexity index is 478. The first-order chi connectivity index (χ1) is 14.7. The second kappa shape index (κ2) is 17.7. The number of nitrogens with one attached hydrogen (secondary N) is 1. The number of hydrogen-bond donors (Lipinski definition) is 3. The summed E-state index contributed by atoms with van der Waals surface area (Å²) in [5.41, 5.74) is 4.90. The molecule has 0 heterocycles. The van der Waals surface area contributed by atoms with Gasteiger partial charge in [-0.2, -0.15) is 11.8 Å². The fourth-order valence-corrected chi connectivity index (χ4v) is 4.62. The molecule has 31 heavy (non-hydrogen) atoms. The maximum Gasteiger partial charge on any atom is 0.327 e. The summed E-state index contributed by atoms with van der Waals surface area (Å²) in [4.78, 5) is 24.7. The van der Waals surface area contributed by atoms with Crippen molar-refractivity contribution in [2.75, 3.05) is 24.7 Å². The van der Waals surface area contributed by atoms with Crippen LogP contribution in [0, 0.1) is 11.3 Å². The molecule has 0 saturated heterocycles. The Morgan fingerprint density at radius 1 is 1.00 bits per heavy atom. The normalized spacial score (nSPS) is 12.8. The molecule has 0 radical (unpaired) electrons. The number of hydrogen-bond acceptors (Lipinski definition) is 5. The number of nitrogens with two attached hydrogens (primary N) is 1. The third-order valence-corrected chi connectivity index (χ3v) is 7.52. The molecule has 0 spiro atoms. The molecule has 0 aliphatic heterocycles. The van der Waals surface area contributed by atoms with Crippen molar-refractivity contribution in [2.45, 2.75) is 106 Å². The summed E-state index contributed by atoms with van der Waals surface area (Å²) in [6.45, 7) is 17.4. The third-order valence-electron chi connectivity index (χ3n) is 6.05. The van der Waals surface area contributed by atoms with Gasteiger partial charge in [0.2, 0.25) is 5.91 Å². The van der Waals surface area contributed by atoms with E-state index in [-0.39, 0.29) is 11.5 Å². The van der Waals surface area contributed by atoms with E-state index in [0.717, 1.165) is 25.0 Å². The highest BCUT2D eigenvalue weighted by Gasteiger charge is 2.38. The predicted octanol–water partition coefficient (Wildman–Crippen LogP) is 5.09. The molecule has 0 aromatic rings. The van der Waals surface area contributed by atoms with Crippen molar-refractivity contribution in [3.63, 3.8) is 0 Å². The molecule has 7 heteroatoms. The van der Waals surface area contributed by atoms with E-state index in [1.807, 2.05) is 27.7 Å². The van der Waals surface area contributed by atoms with Crippen LogP contribution in [0.2, 0.25) is 0 Å². The molecule has 0 saturated carbocycles. The SMILES string of the molecule is CC.CCC(CC)(CCN)OCCC(CC)(CC)C(=O)N[C@@H](CSCC(C)C)C(=O)O. The van der Waals surface area contributed by atoms with Crippen LogP contribution in [-0.2, 0) is 14.3 Å². The molecule has 0 fully saturated rings. The van der Waals surface area contributed by atoms with Crippen LogP contribution in [0.4, 0.5) is 0 Å². The summed E-state index contributed by atoms with van der Waals surface area (Å²) in [6.07, 6.45) is 4.42. The average Bonchev–Trinajstić information content (AvgIpc) is 2.76. The highest BCUT2D eigenvalue weighted by atomic mass is 32.2. The first-order valence-corrected chi connectivity index (χ1v) is 13.3. The minimum Gasteiger partial charge on any atom is -0.480 e. The van der Waals surface area contributed by atoms with Gasteiger partial charge < -0.3 is 20.9 Å². The molecule has 0 bridgehead atoms. The Morgan fingerprint density at radius 2 is 1.55 bits per heavy atom. The van der Waals surface area contributed by atoms with E-state index in [1.54, 1.807) is 11.8 Å². The lowest BCUT2D eigenvalue weighted by atomic mass is 9.78. The van der Waals surface area contributed by atoms with Gasteiger partial charge in [-0.15, -0.1) is 0 Å². The van der Waals surface area contributed by atoms with Crippen molar-refractivity contribution >= 4 is 23.6 Å². The van der Waals surface area contributed by atoms with Crippen LogP contribution in [0.3, 0.4) is 0 Å². The minimum absolute atomic E-state index is 0.180. The average molecular weight is 463 g/mol. The van der Waals surface area contributed by atoms with E-state index in [1.165, 1.54) is 0 Å². The number of rotatable bonds is 17. The molecule has 186 valence electrons. The molecule has 4 N–H and O–H groups in total. The van der Waals surface area contributed by atoms with Gasteiger partial charge in [0.15, 0.2) is 0 Å². The monoisotopic (exact) mass is 462 g/mol. The molecule has 0 aromatic heterocycles. The van der Waals surface area contributed by atoms with E-state index < -0.39 is 17.4 Å². The zero-order chi connectivity index (χ0) is 24.5. The topological polar surface area (TPSA) is 102 Å². The number of carbonyl (C=O) groups excluding carboxylic acids is 1. The summed E-state index contributed by atoms with van der Waals surface area (Å²) in [7, 11) is 0. The molecule has 1 atom stereocenters. The van der Waals surface area contributed by atoms with Gasteiger partial charge in [-0.25, -0.2) is 4.79 Å². The Kier molecular flexibility index (Phi) is 18.5. The Labute approximate surface area is 195 Å². The number of thioether (sulfide) groups is 1. The second-order valence-corrected chi connectivity index (χ2v) is 9.39. The fraction of sp³-hybridized carbons (Fsp3) is 0.917. The van der Waals surface area contributed by atoms with Gasteiger partial charge in [-0.3, -0.25) is 4.79 Å². The molecule has 0 rings (SSSR count). The Balaban J connectivity index is 0. The first kappa shape index (κ1) is 32.4. The van der Waals surface area contributed by atoms with Gasteiger partial charge in [0.25, 0.3) is 0 Å². The van der Waals surface area contributed by atoms with Crippen LogP contribution in [0.15, 0.2) is 0 Å². The van der Waals surface area contributed by atoms with Gasteiger partial charge in [0.1, 0.15) is 6.04 Å². The second-order valence-electron chi connectivity index (χ2n) is 8.31. The molecule has 0 aliphatic rings. The van der Waals surface area contributed by atoms with E-state index in [2.05, 4.69) is 33.0 Å². The van der Waals surface area contributed by atoms with E-state index in [4.69, 9.17) is 10.5 Å². The van der Waals surface area contributed by atoms with E-state index in [0.29, 0.717) is 44.1 Å². The molecule has 0 aliphatic carbocycles. The molecule has 1 amide bonds. The number of carboxylic acids is 1. The number of ether oxygens (including phenoxy) is 1. The van der Waals surface area contributed by atoms with Gasteiger partial charge in [-0.1, -0.05) is 55.4 Å². The molecule has 6 nitrogen and oxygen atoms in total. The van der Waals surface area contributed by atoms with E-state index in [9.17, 15) is 14.7 Å². The highest BCUT2D eigenvalue weighted by Crippen LogP contribution is 2.33. The molecular weight excluding hydrogens is 412 g/mol. The van der Waals surface area contributed by atoms with Crippen molar-refractivity contribution in [1.29, 1.82) is 0 Å². The standard InChI is InChI=1S/C22H44N2O4S.C2H6/c1-7-21(8-2,12-14-28-22(9-3,10-4)11-13-23)20(27)24-18(19(25)26)16-29-15-17(5)6;1-2/h17-18H,7-16,23H2,1-6H3,(H,24,27)(H,25,26);1-2H3/t18-;/m0./s1. The summed E-state index contributed by atoms with van der Waals surface area (Å²) in [5.74, 6) is 0.577. The maximum atomic E-state index is 13.1. The number of carboxylic acid groups (broad SMARTS) is 1. The van der Waals surface area contributed by atoms with Crippen LogP contribution in [0.25, 0.3) is 0 Å². The zero-order valence-corrected chi connectivity index (χ0v) is 22.2. The van der Waals surface area contributed by atoms with Crippen LogP contribution in [0.1, 0.15) is 93.9 Å².